The van der Waals surface area contributed by atoms with Crippen LogP contribution in [0.2, 0.25) is 5.02 Å². The SMILES string of the molecule is CN(C(=O)C(C)(C)c1cc(C(F)(F)F)cc(C(F)(F)F)c1)c1cnc(NC2CCCC2OCc2ccccc2)cc1-c1ccccc1Cl. The largest absolute Gasteiger partial charge is 0.416 e. The maximum atomic E-state index is 14.0. The van der Waals surface area contributed by atoms with Gasteiger partial charge in [-0.15, -0.1) is 0 Å². The van der Waals surface area contributed by atoms with Crippen molar-refractivity contribution in [2.45, 2.75) is 69.6 Å². The topological polar surface area (TPSA) is 54.5 Å². The highest BCUT2D eigenvalue weighted by molar-refractivity contribution is 6.33. The molecular formula is C36H34ClF6N3O2. The molecule has 48 heavy (non-hydrogen) atoms. The Bertz CT molecular complexity index is 1730. The highest BCUT2D eigenvalue weighted by atomic mass is 35.5. The number of aromatic nitrogens is 1. The zero-order chi connectivity index (χ0) is 34.9. The second kappa shape index (κ2) is 13.8. The van der Waals surface area contributed by atoms with Crippen molar-refractivity contribution >= 4 is 29.0 Å². The molecule has 1 saturated carbocycles. The molecule has 12 heteroatoms. The highest BCUT2D eigenvalue weighted by Gasteiger charge is 2.41. The fraction of sp³-hybridized carbons (Fsp3) is 0.333. The molecule has 1 N–H and O–H groups in total. The molecule has 0 spiro atoms. The van der Waals surface area contributed by atoms with E-state index < -0.39 is 40.4 Å². The Hall–Kier alpha value is -4.09. The van der Waals surface area contributed by atoms with Gasteiger partial charge in [0.25, 0.3) is 0 Å². The summed E-state index contributed by atoms with van der Waals surface area (Å²) in [5.74, 6) is -0.266. The second-order valence-corrected chi connectivity index (χ2v) is 12.8. The zero-order valence-corrected chi connectivity index (χ0v) is 27.2. The zero-order valence-electron chi connectivity index (χ0n) is 26.4. The quantitative estimate of drug-likeness (QED) is 0.178. The van der Waals surface area contributed by atoms with Gasteiger partial charge in [-0.3, -0.25) is 4.79 Å². The van der Waals surface area contributed by atoms with Crippen molar-refractivity contribution in [1.82, 2.24) is 4.98 Å². The van der Waals surface area contributed by atoms with Crippen molar-refractivity contribution in [1.29, 1.82) is 0 Å². The minimum atomic E-state index is -5.06. The lowest BCUT2D eigenvalue weighted by molar-refractivity contribution is -0.143. The van der Waals surface area contributed by atoms with Crippen LogP contribution in [0.25, 0.3) is 11.1 Å². The maximum absolute atomic E-state index is 14.0. The normalized spacial score (nSPS) is 17.0. The number of hydrogen-bond acceptors (Lipinski definition) is 4. The molecule has 2 unspecified atom stereocenters. The van der Waals surface area contributed by atoms with Crippen LogP contribution in [0.5, 0.6) is 0 Å². The summed E-state index contributed by atoms with van der Waals surface area (Å²) in [6.07, 6.45) is -6.10. The Balaban J connectivity index is 1.47. The van der Waals surface area contributed by atoms with Gasteiger partial charge >= 0.3 is 12.4 Å². The van der Waals surface area contributed by atoms with E-state index in [-0.39, 0.29) is 23.9 Å². The summed E-state index contributed by atoms with van der Waals surface area (Å²) in [5, 5.41) is 3.82. The molecule has 1 fully saturated rings. The van der Waals surface area contributed by atoms with E-state index in [0.29, 0.717) is 40.7 Å². The van der Waals surface area contributed by atoms with Crippen LogP contribution >= 0.6 is 11.6 Å². The molecule has 2 atom stereocenters. The summed E-state index contributed by atoms with van der Waals surface area (Å²) in [4.78, 5) is 19.8. The van der Waals surface area contributed by atoms with Gasteiger partial charge in [-0.1, -0.05) is 60.1 Å². The number of benzene rings is 3. The van der Waals surface area contributed by atoms with Gasteiger partial charge in [-0.05, 0) is 74.6 Å². The van der Waals surface area contributed by atoms with Crippen LogP contribution in [-0.4, -0.2) is 30.1 Å². The highest BCUT2D eigenvalue weighted by Crippen LogP contribution is 2.42. The molecule has 1 amide bonds. The number of ether oxygens (including phenoxy) is 1. The standard InChI is InChI=1S/C36H34ClF6N3O2/c1-34(2,23-16-24(35(38,39)40)18-25(17-23)36(41,42)43)33(47)46(3)30-20-44-32(19-27(30)26-12-7-8-13-28(26)37)45-29-14-9-15-31(29)48-21-22-10-5-4-6-11-22/h4-8,10-13,16-20,29,31H,9,14-15,21H2,1-3H3,(H,44,45). The molecule has 0 saturated heterocycles. The minimum Gasteiger partial charge on any atom is -0.371 e. The van der Waals surface area contributed by atoms with Crippen LogP contribution in [0.3, 0.4) is 0 Å². The van der Waals surface area contributed by atoms with Crippen LogP contribution in [0.1, 0.15) is 55.4 Å². The number of pyridine rings is 1. The lowest BCUT2D eigenvalue weighted by Gasteiger charge is -2.32. The van der Waals surface area contributed by atoms with Crippen LogP contribution in [-0.2, 0) is 33.9 Å². The average molecular weight is 690 g/mol. The van der Waals surface area contributed by atoms with E-state index in [9.17, 15) is 31.1 Å². The number of hydrogen-bond donors (Lipinski definition) is 1. The minimum absolute atomic E-state index is 0.0422. The summed E-state index contributed by atoms with van der Waals surface area (Å²) in [6.45, 7) is 3.03. The lowest BCUT2D eigenvalue weighted by Crippen LogP contribution is -2.42. The van der Waals surface area contributed by atoms with Crippen molar-refractivity contribution in [2.24, 2.45) is 0 Å². The third-order valence-electron chi connectivity index (χ3n) is 8.65. The smallest absolute Gasteiger partial charge is 0.371 e. The predicted molar refractivity (Wildman–Crippen MR) is 174 cm³/mol. The van der Waals surface area contributed by atoms with Crippen molar-refractivity contribution in [3.8, 4) is 11.1 Å². The molecule has 5 rings (SSSR count). The maximum Gasteiger partial charge on any atom is 0.416 e. The molecule has 1 aliphatic rings. The second-order valence-electron chi connectivity index (χ2n) is 12.4. The Morgan fingerprint density at radius 3 is 2.10 bits per heavy atom. The van der Waals surface area contributed by atoms with Gasteiger partial charge in [0.2, 0.25) is 5.91 Å². The van der Waals surface area contributed by atoms with Gasteiger partial charge in [-0.2, -0.15) is 26.3 Å². The third-order valence-corrected chi connectivity index (χ3v) is 8.98. The number of nitrogens with one attached hydrogen (secondary N) is 1. The molecule has 1 aromatic heterocycles. The van der Waals surface area contributed by atoms with E-state index in [4.69, 9.17) is 16.3 Å². The molecule has 0 bridgehead atoms. The molecule has 0 aliphatic heterocycles. The lowest BCUT2D eigenvalue weighted by atomic mass is 9.81. The number of nitrogens with zero attached hydrogens (tertiary/aromatic N) is 2. The van der Waals surface area contributed by atoms with E-state index >= 15 is 0 Å². The molecule has 4 aromatic rings. The average Bonchev–Trinajstić information content (AvgIpc) is 3.49. The summed E-state index contributed by atoms with van der Waals surface area (Å²) in [7, 11) is 1.40. The molecule has 1 heterocycles. The molecule has 5 nitrogen and oxygen atoms in total. The van der Waals surface area contributed by atoms with Crippen LogP contribution < -0.4 is 10.2 Å². The Morgan fingerprint density at radius 2 is 1.48 bits per heavy atom. The number of alkyl halides is 6. The first-order valence-electron chi connectivity index (χ1n) is 15.3. The third kappa shape index (κ3) is 7.79. The van der Waals surface area contributed by atoms with E-state index in [1.54, 1.807) is 30.3 Å². The number of rotatable bonds is 9. The molecule has 1 aliphatic carbocycles. The Morgan fingerprint density at radius 1 is 0.875 bits per heavy atom. The predicted octanol–water partition coefficient (Wildman–Crippen LogP) is 9.93. The first-order chi connectivity index (χ1) is 22.6. The Labute approximate surface area is 279 Å². The van der Waals surface area contributed by atoms with Crippen LogP contribution in [0.4, 0.5) is 37.8 Å². The molecule has 254 valence electrons. The summed E-state index contributed by atoms with van der Waals surface area (Å²) < 4.78 is 88.2. The van der Waals surface area contributed by atoms with Crippen molar-refractivity contribution in [3.63, 3.8) is 0 Å². The van der Waals surface area contributed by atoms with Gasteiger partial charge in [0.05, 0.1) is 47.2 Å². The number of carbonyl (C=O) groups is 1. The van der Waals surface area contributed by atoms with Gasteiger partial charge in [0.15, 0.2) is 0 Å². The monoisotopic (exact) mass is 689 g/mol. The summed E-state index contributed by atoms with van der Waals surface area (Å²) in [6, 6.07) is 19.6. The van der Waals surface area contributed by atoms with Crippen LogP contribution in [0.15, 0.2) is 85.1 Å². The molecular weight excluding hydrogens is 656 g/mol. The van der Waals surface area contributed by atoms with Gasteiger partial charge in [0.1, 0.15) is 5.82 Å². The van der Waals surface area contributed by atoms with Gasteiger partial charge < -0.3 is 15.0 Å². The molecule has 0 radical (unpaired) electrons. The van der Waals surface area contributed by atoms with Crippen molar-refractivity contribution in [2.75, 3.05) is 17.3 Å². The number of amides is 1. The van der Waals surface area contributed by atoms with E-state index in [1.165, 1.54) is 32.0 Å². The van der Waals surface area contributed by atoms with Crippen molar-refractivity contribution < 1.29 is 35.9 Å². The van der Waals surface area contributed by atoms with Crippen LogP contribution in [0, 0.1) is 0 Å². The summed E-state index contributed by atoms with van der Waals surface area (Å²) in [5.41, 5.74) is -2.87. The Kier molecular flexibility index (Phi) is 10.1. The van der Waals surface area contributed by atoms with E-state index in [1.807, 2.05) is 30.3 Å². The first-order valence-corrected chi connectivity index (χ1v) is 15.7. The molecule has 3 aromatic carbocycles. The van der Waals surface area contributed by atoms with E-state index in [0.717, 1.165) is 24.8 Å². The number of likely N-dealkylation sites (N-methyl/N-ethyl adjacent to an activating group) is 1. The van der Waals surface area contributed by atoms with Gasteiger partial charge in [-0.25, -0.2) is 4.98 Å². The fourth-order valence-electron chi connectivity index (χ4n) is 5.92. The van der Waals surface area contributed by atoms with E-state index in [2.05, 4.69) is 10.3 Å². The van der Waals surface area contributed by atoms with Gasteiger partial charge in [0, 0.05) is 23.2 Å². The fourth-order valence-corrected chi connectivity index (χ4v) is 6.15. The number of anilines is 2. The first kappa shape index (κ1) is 35.2. The summed E-state index contributed by atoms with van der Waals surface area (Å²) >= 11 is 6.59. The number of carbonyl (C=O) groups excluding carboxylic acids is 1. The number of halogens is 7. The van der Waals surface area contributed by atoms with Crippen molar-refractivity contribution in [3.05, 3.63) is 112 Å².